The van der Waals surface area contributed by atoms with Crippen LogP contribution in [0.1, 0.15) is 56.7 Å². The molecule has 0 radical (unpaired) electrons. The maximum absolute atomic E-state index is 3.63. The Bertz CT molecular complexity index is 797. The average Bonchev–Trinajstić information content (AvgIpc) is 2.66. The lowest BCUT2D eigenvalue weighted by atomic mass is 10.0. The van der Waals surface area contributed by atoms with Crippen LogP contribution in [0.15, 0.2) is 66.2 Å². The molecule has 142 valence electrons. The van der Waals surface area contributed by atoms with Crippen molar-refractivity contribution in [3.8, 4) is 11.8 Å². The van der Waals surface area contributed by atoms with E-state index in [1.54, 1.807) is 0 Å². The Hall–Kier alpha value is -2.66. The van der Waals surface area contributed by atoms with E-state index >= 15 is 0 Å². The van der Waals surface area contributed by atoms with E-state index in [-0.39, 0.29) is 0 Å². The molecule has 0 fully saturated rings. The number of rotatable bonds is 8. The molecular weight excluding hydrogens is 328 g/mol. The smallest absolute Gasteiger partial charge is 0.0629 e. The van der Waals surface area contributed by atoms with Gasteiger partial charge in [0.25, 0.3) is 0 Å². The molecule has 2 nitrogen and oxygen atoms in total. The van der Waals surface area contributed by atoms with Gasteiger partial charge in [-0.2, -0.15) is 0 Å². The average molecular weight is 361 g/mol. The Kier molecular flexibility index (Phi) is 8.52. The zero-order chi connectivity index (χ0) is 19.5. The van der Waals surface area contributed by atoms with Crippen molar-refractivity contribution < 1.29 is 0 Å². The molecule has 0 bridgehead atoms. The Balaban J connectivity index is 1.99. The topological polar surface area (TPSA) is 24.1 Å². The van der Waals surface area contributed by atoms with E-state index in [0.717, 1.165) is 31.2 Å². The van der Waals surface area contributed by atoms with Crippen LogP contribution < -0.4 is 10.6 Å². The molecule has 27 heavy (non-hydrogen) atoms. The van der Waals surface area contributed by atoms with E-state index in [4.69, 9.17) is 0 Å². The summed E-state index contributed by atoms with van der Waals surface area (Å²) < 4.78 is 0. The van der Waals surface area contributed by atoms with Crippen molar-refractivity contribution in [2.75, 3.05) is 0 Å². The Morgan fingerprint density at radius 1 is 1.33 bits per heavy atom. The third kappa shape index (κ3) is 6.87. The van der Waals surface area contributed by atoms with Gasteiger partial charge in [-0.05, 0) is 88.1 Å². The first-order valence-electron chi connectivity index (χ1n) is 9.91. The highest BCUT2D eigenvalue weighted by Crippen LogP contribution is 2.15. The van der Waals surface area contributed by atoms with Crippen LogP contribution in [0.4, 0.5) is 0 Å². The summed E-state index contributed by atoms with van der Waals surface area (Å²) in [5.41, 5.74) is 6.26. The molecule has 1 aliphatic rings. The van der Waals surface area contributed by atoms with Crippen LogP contribution in [0, 0.1) is 18.8 Å². The first-order chi connectivity index (χ1) is 13.1. The molecule has 0 saturated carbocycles. The van der Waals surface area contributed by atoms with E-state index < -0.39 is 0 Å². The van der Waals surface area contributed by atoms with Crippen molar-refractivity contribution in [1.29, 1.82) is 0 Å². The van der Waals surface area contributed by atoms with Crippen molar-refractivity contribution in [2.45, 2.75) is 59.4 Å². The highest BCUT2D eigenvalue weighted by molar-refractivity contribution is 5.42. The van der Waals surface area contributed by atoms with Gasteiger partial charge in [-0.3, -0.25) is 0 Å². The van der Waals surface area contributed by atoms with Crippen LogP contribution in [-0.2, 0) is 6.42 Å². The second-order valence-corrected chi connectivity index (χ2v) is 6.90. The molecule has 1 unspecified atom stereocenters. The lowest BCUT2D eigenvalue weighted by molar-refractivity contribution is 0.652. The SMILES string of the molecule is CC#Cc1ccc(CCC/C(=C/C=C/CC)NC2=CC=CNC2C)cc1C. The molecule has 0 amide bonds. The second-order valence-electron chi connectivity index (χ2n) is 6.90. The maximum atomic E-state index is 3.63. The third-order valence-corrected chi connectivity index (χ3v) is 4.62. The number of aryl methyl sites for hydroxylation is 2. The number of dihydropyridines is 1. The van der Waals surface area contributed by atoms with Gasteiger partial charge in [0.2, 0.25) is 0 Å². The van der Waals surface area contributed by atoms with E-state index in [0.29, 0.717) is 6.04 Å². The Labute approximate surface area is 165 Å². The van der Waals surface area contributed by atoms with Gasteiger partial charge in [-0.15, -0.1) is 5.92 Å². The van der Waals surface area contributed by atoms with Crippen LogP contribution in [0.2, 0.25) is 0 Å². The maximum Gasteiger partial charge on any atom is 0.0629 e. The zero-order valence-corrected chi connectivity index (χ0v) is 17.1. The number of nitrogens with one attached hydrogen (secondary N) is 2. The largest absolute Gasteiger partial charge is 0.383 e. The summed E-state index contributed by atoms with van der Waals surface area (Å²) in [6, 6.07) is 6.94. The van der Waals surface area contributed by atoms with E-state index in [1.807, 2.05) is 19.2 Å². The molecule has 2 heteroatoms. The highest BCUT2D eigenvalue weighted by Gasteiger charge is 2.10. The number of allylic oxidation sites excluding steroid dienone is 6. The standard InChI is InChI=1S/C25H32N2/c1-5-7-8-13-24(27-25-15-10-18-26-21(25)4)14-9-12-22-16-17-23(11-6-2)20(3)19-22/h7-8,10,13,15-19,21,26-27H,5,9,12,14H2,1-4H3/b8-7+,24-13-. The Morgan fingerprint density at radius 2 is 2.19 bits per heavy atom. The summed E-state index contributed by atoms with van der Waals surface area (Å²) in [5, 5.41) is 6.97. The first kappa shape index (κ1) is 20.6. The monoisotopic (exact) mass is 360 g/mol. The lowest BCUT2D eigenvalue weighted by Crippen LogP contribution is -2.32. The summed E-state index contributed by atoms with van der Waals surface area (Å²) in [6.07, 6.45) is 17.0. The zero-order valence-electron chi connectivity index (χ0n) is 17.1. The summed E-state index contributed by atoms with van der Waals surface area (Å²) in [6.45, 7) is 8.36. The third-order valence-electron chi connectivity index (χ3n) is 4.62. The quantitative estimate of drug-likeness (QED) is 0.471. The van der Waals surface area contributed by atoms with E-state index in [1.165, 1.54) is 22.5 Å². The van der Waals surface area contributed by atoms with Crippen molar-refractivity contribution in [2.24, 2.45) is 0 Å². The molecular formula is C25H32N2. The minimum absolute atomic E-state index is 0.309. The number of hydrogen-bond acceptors (Lipinski definition) is 2. The van der Waals surface area contributed by atoms with Crippen LogP contribution in [0.25, 0.3) is 0 Å². The molecule has 1 aliphatic heterocycles. The minimum Gasteiger partial charge on any atom is -0.383 e. The van der Waals surface area contributed by atoms with E-state index in [9.17, 15) is 0 Å². The van der Waals surface area contributed by atoms with Crippen LogP contribution in [0.3, 0.4) is 0 Å². The molecule has 1 heterocycles. The fourth-order valence-electron chi connectivity index (χ4n) is 3.07. The fourth-order valence-corrected chi connectivity index (χ4v) is 3.07. The fraction of sp³-hybridized carbons (Fsp3) is 0.360. The molecule has 1 atom stereocenters. The molecule has 2 rings (SSSR count). The van der Waals surface area contributed by atoms with E-state index in [2.05, 4.69) is 85.7 Å². The van der Waals surface area contributed by atoms with Crippen molar-refractivity contribution in [1.82, 2.24) is 10.6 Å². The summed E-state index contributed by atoms with van der Waals surface area (Å²) in [4.78, 5) is 0. The van der Waals surface area contributed by atoms with Crippen LogP contribution >= 0.6 is 0 Å². The normalized spacial score (nSPS) is 16.5. The summed E-state index contributed by atoms with van der Waals surface area (Å²) in [5.74, 6) is 6.14. The molecule has 1 aromatic carbocycles. The predicted molar refractivity (Wildman–Crippen MR) is 117 cm³/mol. The van der Waals surface area contributed by atoms with Crippen molar-refractivity contribution >= 4 is 0 Å². The molecule has 1 aromatic rings. The highest BCUT2D eigenvalue weighted by atomic mass is 15.0. The number of benzene rings is 1. The Morgan fingerprint density at radius 3 is 2.89 bits per heavy atom. The van der Waals surface area contributed by atoms with Crippen molar-refractivity contribution in [3.05, 3.63) is 82.9 Å². The van der Waals surface area contributed by atoms with Gasteiger partial charge in [-0.25, -0.2) is 0 Å². The van der Waals surface area contributed by atoms with Gasteiger partial charge < -0.3 is 10.6 Å². The van der Waals surface area contributed by atoms with Gasteiger partial charge in [0.1, 0.15) is 0 Å². The van der Waals surface area contributed by atoms with Crippen molar-refractivity contribution in [3.63, 3.8) is 0 Å². The summed E-state index contributed by atoms with van der Waals surface area (Å²) >= 11 is 0. The van der Waals surface area contributed by atoms with Gasteiger partial charge in [0.15, 0.2) is 0 Å². The predicted octanol–water partition coefficient (Wildman–Crippen LogP) is 5.52. The molecule has 0 saturated heterocycles. The number of hydrogen-bond donors (Lipinski definition) is 2. The second kappa shape index (κ2) is 11.1. The summed E-state index contributed by atoms with van der Waals surface area (Å²) in [7, 11) is 0. The van der Waals surface area contributed by atoms with Gasteiger partial charge in [0.05, 0.1) is 6.04 Å². The van der Waals surface area contributed by atoms with Gasteiger partial charge in [-0.1, -0.05) is 37.1 Å². The first-order valence-corrected chi connectivity index (χ1v) is 9.91. The lowest BCUT2D eigenvalue weighted by Gasteiger charge is -2.22. The molecule has 0 spiro atoms. The molecule has 0 aromatic heterocycles. The molecule has 0 aliphatic carbocycles. The van der Waals surface area contributed by atoms with Gasteiger partial charge >= 0.3 is 0 Å². The van der Waals surface area contributed by atoms with Crippen LogP contribution in [-0.4, -0.2) is 6.04 Å². The molecule has 2 N–H and O–H groups in total. The van der Waals surface area contributed by atoms with Gasteiger partial charge in [0, 0.05) is 17.0 Å². The minimum atomic E-state index is 0.309. The van der Waals surface area contributed by atoms with Crippen LogP contribution in [0.5, 0.6) is 0 Å².